The predicted molar refractivity (Wildman–Crippen MR) is 166 cm³/mol. The molecule has 1 aromatic heterocycles. The lowest BCUT2D eigenvalue weighted by atomic mass is 10.1. The van der Waals surface area contributed by atoms with E-state index in [0.717, 1.165) is 24.0 Å². The van der Waals surface area contributed by atoms with Crippen LogP contribution in [-0.2, 0) is 4.74 Å². The molecular weight excluding hydrogens is 521 g/mol. The van der Waals surface area contributed by atoms with E-state index < -0.39 is 11.4 Å². The van der Waals surface area contributed by atoms with Gasteiger partial charge in [0.15, 0.2) is 11.7 Å². The highest BCUT2D eigenvalue weighted by Gasteiger charge is 2.30. The molecule has 4 rings (SSSR count). The number of aromatic nitrogens is 1. The van der Waals surface area contributed by atoms with Crippen LogP contribution in [0.3, 0.4) is 0 Å². The fraction of sp³-hybridized carbons (Fsp3) is 0.594. The van der Waals surface area contributed by atoms with Gasteiger partial charge in [0.2, 0.25) is 5.88 Å². The third-order valence-corrected chi connectivity index (χ3v) is 6.39. The van der Waals surface area contributed by atoms with Crippen molar-refractivity contribution in [3.8, 4) is 18.7 Å². The first-order chi connectivity index (χ1) is 19.6. The smallest absolute Gasteiger partial charge is 0.410 e. The highest BCUT2D eigenvalue weighted by Crippen LogP contribution is 2.33. The second-order valence-electron chi connectivity index (χ2n) is 10.3. The maximum absolute atomic E-state index is 15.0. The summed E-state index contributed by atoms with van der Waals surface area (Å²) >= 11 is 0. The Kier molecular flexibility index (Phi) is 15.0. The molecule has 0 aromatic carbocycles. The Labute approximate surface area is 247 Å². The fourth-order valence-corrected chi connectivity index (χ4v) is 4.57. The molecule has 2 fully saturated rings. The Morgan fingerprint density at radius 2 is 1.63 bits per heavy atom. The Morgan fingerprint density at radius 3 is 2.20 bits per heavy atom. The molecule has 2 aliphatic heterocycles. The maximum Gasteiger partial charge on any atom is 0.410 e. The van der Waals surface area contributed by atoms with Crippen molar-refractivity contribution in [1.29, 1.82) is 0 Å². The van der Waals surface area contributed by atoms with Crippen LogP contribution in [0.5, 0.6) is 5.88 Å². The largest absolute Gasteiger partial charge is 0.474 e. The summed E-state index contributed by atoms with van der Waals surface area (Å²) in [7, 11) is 1.78. The molecule has 0 atom stereocenters. The highest BCUT2D eigenvalue weighted by atomic mass is 19.1. The monoisotopic (exact) mass is 571 g/mol. The maximum atomic E-state index is 15.0. The van der Waals surface area contributed by atoms with Crippen molar-refractivity contribution in [2.45, 2.75) is 92.8 Å². The normalized spacial score (nSPS) is 18.3. The van der Waals surface area contributed by atoms with Gasteiger partial charge >= 0.3 is 6.09 Å². The Morgan fingerprint density at radius 1 is 1.05 bits per heavy atom. The topological polar surface area (TPSA) is 70.5 Å². The number of amidine groups is 1. The van der Waals surface area contributed by atoms with Crippen molar-refractivity contribution < 1.29 is 18.7 Å². The van der Waals surface area contributed by atoms with Crippen molar-refractivity contribution >= 4 is 17.5 Å². The summed E-state index contributed by atoms with van der Waals surface area (Å²) in [4.78, 5) is 26.8. The minimum absolute atomic E-state index is 0.184. The average molecular weight is 572 g/mol. The molecule has 3 aliphatic rings. The molecule has 8 nitrogen and oxygen atoms in total. The van der Waals surface area contributed by atoms with Gasteiger partial charge in [0.05, 0.1) is 0 Å². The number of allylic oxidation sites excluding steroid dienone is 1. The van der Waals surface area contributed by atoms with Gasteiger partial charge in [0.1, 0.15) is 17.5 Å². The lowest BCUT2D eigenvalue weighted by Gasteiger charge is -2.38. The van der Waals surface area contributed by atoms with E-state index in [1.807, 2.05) is 72.4 Å². The number of hydrogen-bond donors (Lipinski definition) is 0. The van der Waals surface area contributed by atoms with Crippen molar-refractivity contribution in [2.75, 3.05) is 33.2 Å². The van der Waals surface area contributed by atoms with E-state index in [2.05, 4.69) is 17.8 Å². The molecule has 0 spiro atoms. The molecular formula is C32H50FN5O3. The zero-order chi connectivity index (χ0) is 31.2. The van der Waals surface area contributed by atoms with Crippen molar-refractivity contribution in [2.24, 2.45) is 4.99 Å². The molecule has 1 saturated carbocycles. The molecule has 0 radical (unpaired) electrons. The van der Waals surface area contributed by atoms with Crippen molar-refractivity contribution in [3.63, 3.8) is 0 Å². The molecule has 1 amide bonds. The number of pyridine rings is 1. The second kappa shape index (κ2) is 17.3. The number of nitrogens with zero attached hydrogens (tertiary/aromatic N) is 5. The summed E-state index contributed by atoms with van der Waals surface area (Å²) in [5.74, 6) is 1.11. The summed E-state index contributed by atoms with van der Waals surface area (Å²) in [6.07, 6.45) is 15.4. The lowest BCUT2D eigenvalue weighted by Crippen LogP contribution is -2.52. The minimum Gasteiger partial charge on any atom is -0.474 e. The number of aliphatic imine (C=N–C) groups is 1. The summed E-state index contributed by atoms with van der Waals surface area (Å²) in [6, 6.07) is 3.84. The number of rotatable bonds is 3. The first kappa shape index (κ1) is 35.5. The molecule has 3 heterocycles. The van der Waals surface area contributed by atoms with E-state index >= 15 is 4.39 Å². The third-order valence-electron chi connectivity index (χ3n) is 6.39. The van der Waals surface area contributed by atoms with E-state index in [4.69, 9.17) is 14.5 Å². The average Bonchev–Trinajstić information content (AvgIpc) is 3.49. The van der Waals surface area contributed by atoms with Crippen LogP contribution >= 0.6 is 0 Å². The highest BCUT2D eigenvalue weighted by molar-refractivity contribution is 5.98. The van der Waals surface area contributed by atoms with Gasteiger partial charge in [-0.15, -0.1) is 12.8 Å². The standard InChI is InChI=1S/C26H36FN5O3.2C2H6.C2H2/c1-18(20-11-8-12-28-24(20)34-19-9-6-7-10-19)22-29-23(21(27)17-30(22)5)31-13-15-32(16-14-31)25(33)35-26(2,3)4;3*1-2/h8,11-12,17,19H,6-7,9-10,13-16H2,1-5H3;2*1-2H3;1-2H/b22-18+;;;. The second-order valence-corrected chi connectivity index (χ2v) is 10.3. The Hall–Kier alpha value is -3.54. The van der Waals surface area contributed by atoms with E-state index in [1.165, 1.54) is 19.0 Å². The van der Waals surface area contributed by atoms with E-state index in [-0.39, 0.29) is 18.0 Å². The molecule has 0 bridgehead atoms. The van der Waals surface area contributed by atoms with Gasteiger partial charge in [0.25, 0.3) is 0 Å². The number of carbonyl (C=O) groups is 1. The SMILES string of the molecule is C#C.C/C(=C1/N=C(N2CCN(C(=O)OC(C)(C)C)CC2)C(F)=CN1C)c1cccnc1OC1CCCC1.CC.CC. The molecule has 1 saturated heterocycles. The van der Waals surface area contributed by atoms with Crippen LogP contribution in [0, 0.1) is 12.8 Å². The summed E-state index contributed by atoms with van der Waals surface area (Å²) in [6.45, 7) is 17.3. The molecule has 9 heteroatoms. The van der Waals surface area contributed by atoms with Crippen LogP contribution in [0.4, 0.5) is 9.18 Å². The first-order valence-corrected chi connectivity index (χ1v) is 14.7. The Bertz CT molecular complexity index is 1080. The molecule has 228 valence electrons. The predicted octanol–water partition coefficient (Wildman–Crippen LogP) is 7.10. The Balaban J connectivity index is 0.00000131. The summed E-state index contributed by atoms with van der Waals surface area (Å²) in [5, 5.41) is 0. The van der Waals surface area contributed by atoms with E-state index in [1.54, 1.807) is 23.0 Å². The number of halogens is 1. The van der Waals surface area contributed by atoms with Crippen LogP contribution in [0.1, 0.15) is 86.6 Å². The van der Waals surface area contributed by atoms with Crippen LogP contribution in [-0.4, -0.2) is 76.5 Å². The zero-order valence-corrected chi connectivity index (χ0v) is 26.5. The zero-order valence-electron chi connectivity index (χ0n) is 26.5. The van der Waals surface area contributed by atoms with E-state index in [9.17, 15) is 4.79 Å². The first-order valence-electron chi connectivity index (χ1n) is 14.7. The van der Waals surface area contributed by atoms with Gasteiger partial charge in [-0.1, -0.05) is 27.7 Å². The van der Waals surface area contributed by atoms with Crippen molar-refractivity contribution in [3.05, 3.63) is 41.7 Å². The number of ether oxygens (including phenoxy) is 2. The van der Waals surface area contributed by atoms with E-state index in [0.29, 0.717) is 37.9 Å². The number of hydrogen-bond acceptors (Lipinski definition) is 7. The number of terminal acetylenes is 1. The quantitative estimate of drug-likeness (QED) is 0.361. The number of piperazine rings is 1. The summed E-state index contributed by atoms with van der Waals surface area (Å²) < 4.78 is 26.7. The fourth-order valence-electron chi connectivity index (χ4n) is 4.57. The van der Waals surface area contributed by atoms with Crippen LogP contribution in [0.15, 0.2) is 41.2 Å². The molecule has 1 aliphatic carbocycles. The van der Waals surface area contributed by atoms with Gasteiger partial charge in [-0.25, -0.2) is 19.2 Å². The minimum atomic E-state index is -0.551. The molecule has 41 heavy (non-hydrogen) atoms. The van der Waals surface area contributed by atoms with Gasteiger partial charge < -0.3 is 24.2 Å². The van der Waals surface area contributed by atoms with Gasteiger partial charge in [-0.2, -0.15) is 0 Å². The van der Waals surface area contributed by atoms with Gasteiger partial charge in [-0.3, -0.25) is 0 Å². The van der Waals surface area contributed by atoms with Gasteiger partial charge in [-0.05, 0) is 65.5 Å². The number of amides is 1. The summed E-state index contributed by atoms with van der Waals surface area (Å²) in [5.41, 5.74) is 1.17. The van der Waals surface area contributed by atoms with Crippen LogP contribution in [0.25, 0.3) is 5.57 Å². The van der Waals surface area contributed by atoms with Crippen molar-refractivity contribution in [1.82, 2.24) is 19.7 Å². The molecule has 0 N–H and O–H groups in total. The molecule has 1 aromatic rings. The van der Waals surface area contributed by atoms with Crippen LogP contribution < -0.4 is 4.74 Å². The third kappa shape index (κ3) is 10.1. The van der Waals surface area contributed by atoms with Crippen LogP contribution in [0.2, 0.25) is 0 Å². The number of carbonyl (C=O) groups excluding carboxylic acids is 1. The van der Waals surface area contributed by atoms with Gasteiger partial charge in [0, 0.05) is 56.8 Å². The molecule has 0 unspecified atom stereocenters. The lowest BCUT2D eigenvalue weighted by molar-refractivity contribution is 0.0186.